The van der Waals surface area contributed by atoms with Crippen molar-refractivity contribution in [3.05, 3.63) is 89.3 Å². The van der Waals surface area contributed by atoms with Gasteiger partial charge in [-0.05, 0) is 43.9 Å². The number of carbonyl (C=O) groups is 3. The summed E-state index contributed by atoms with van der Waals surface area (Å²) in [5.41, 5.74) is 0.431. The van der Waals surface area contributed by atoms with E-state index >= 15 is 0 Å². The van der Waals surface area contributed by atoms with Crippen molar-refractivity contribution in [2.45, 2.75) is 43.9 Å². The molecule has 1 saturated heterocycles. The summed E-state index contributed by atoms with van der Waals surface area (Å²) in [6.45, 7) is 9.05. The van der Waals surface area contributed by atoms with E-state index in [4.69, 9.17) is 14.6 Å². The maximum atomic E-state index is 13.6. The molecule has 280 valence electrons. The topological polar surface area (TPSA) is 188 Å². The minimum absolute atomic E-state index is 0.0110. The first-order chi connectivity index (χ1) is 25.4. The quantitative estimate of drug-likeness (QED) is 0.124. The number of ether oxygens (including phenoxy) is 2. The number of likely N-dealkylation sites (N-methyl/N-ethyl adjacent to an activating group) is 2. The summed E-state index contributed by atoms with van der Waals surface area (Å²) in [6, 6.07) is 11.7. The second kappa shape index (κ2) is 15.8. The van der Waals surface area contributed by atoms with Gasteiger partial charge in [0.15, 0.2) is 17.8 Å². The number of anilines is 1. The van der Waals surface area contributed by atoms with Crippen LogP contribution in [0.25, 0.3) is 5.65 Å². The molecule has 1 aromatic carbocycles. The van der Waals surface area contributed by atoms with E-state index in [1.54, 1.807) is 30.4 Å². The molecule has 3 atom stereocenters. The number of amides is 3. The standard InChI is InChI=1S/C37H46N10O6/c1-36(2,3)29-20-30(40-32(39-29)34(50)38-14-15-45(4)16-18-48)41-35(51)42-37(23-49)13-12-28(25-8-6-7-9-26(25)37)53-24-10-11-31-43-44-33(47(31)21-24)27-22-52-19-17-46(27)5/h6-13,20-21,23,27-28,48H,14-19,22H2,1-5H3,(H,38,50)(H2,39,40,41,42,51)/t27-,28+,37+/m0/s1. The van der Waals surface area contributed by atoms with Crippen LogP contribution in [0.2, 0.25) is 0 Å². The first-order valence-electron chi connectivity index (χ1n) is 17.5. The average Bonchev–Trinajstić information content (AvgIpc) is 3.55. The average molecular weight is 727 g/mol. The maximum Gasteiger partial charge on any atom is 0.321 e. The van der Waals surface area contributed by atoms with Gasteiger partial charge in [0.05, 0.1) is 37.8 Å². The van der Waals surface area contributed by atoms with E-state index in [0.717, 1.165) is 12.4 Å². The first-order valence-corrected chi connectivity index (χ1v) is 17.5. The second-order valence-electron chi connectivity index (χ2n) is 14.3. The molecule has 0 saturated carbocycles. The Labute approximate surface area is 307 Å². The lowest BCUT2D eigenvalue weighted by Gasteiger charge is -2.34. The summed E-state index contributed by atoms with van der Waals surface area (Å²) in [7, 11) is 3.86. The zero-order valence-corrected chi connectivity index (χ0v) is 30.6. The molecule has 1 aliphatic carbocycles. The van der Waals surface area contributed by atoms with E-state index < -0.39 is 29.0 Å². The van der Waals surface area contributed by atoms with Crippen molar-refractivity contribution >= 4 is 29.7 Å². The van der Waals surface area contributed by atoms with Gasteiger partial charge < -0.3 is 30.1 Å². The number of hydrogen-bond acceptors (Lipinski definition) is 12. The summed E-state index contributed by atoms with van der Waals surface area (Å²) in [5.74, 6) is 0.778. The van der Waals surface area contributed by atoms with Gasteiger partial charge in [0.25, 0.3) is 5.91 Å². The third-order valence-corrected chi connectivity index (χ3v) is 9.31. The van der Waals surface area contributed by atoms with Gasteiger partial charge in [-0.3, -0.25) is 24.2 Å². The van der Waals surface area contributed by atoms with E-state index in [2.05, 4.69) is 41.0 Å². The molecule has 0 spiro atoms. The van der Waals surface area contributed by atoms with Gasteiger partial charge in [0.1, 0.15) is 23.2 Å². The van der Waals surface area contributed by atoms with Crippen molar-refractivity contribution in [3.8, 4) is 5.75 Å². The number of morpholine rings is 1. The number of aldehydes is 1. The van der Waals surface area contributed by atoms with E-state index in [1.165, 1.54) is 0 Å². The fourth-order valence-corrected chi connectivity index (χ4v) is 6.24. The normalized spacial score (nSPS) is 20.2. The van der Waals surface area contributed by atoms with Gasteiger partial charge in [0.2, 0.25) is 5.82 Å². The van der Waals surface area contributed by atoms with E-state index in [-0.39, 0.29) is 24.3 Å². The SMILES string of the molecule is CN(CCO)CCNC(=O)c1nc(NC(=O)N[C@@]2(C=O)C=C[C@@H](Oc3ccc4nnc([C@@H]5COCCN5C)n4c3)c3ccccc32)cc(C(C)(C)C)n1. The molecule has 3 amide bonds. The molecular weight excluding hydrogens is 680 g/mol. The lowest BCUT2D eigenvalue weighted by molar-refractivity contribution is -0.111. The van der Waals surface area contributed by atoms with Crippen LogP contribution in [0.3, 0.4) is 0 Å². The Morgan fingerprint density at radius 1 is 1.15 bits per heavy atom. The molecule has 0 radical (unpaired) electrons. The monoisotopic (exact) mass is 726 g/mol. The van der Waals surface area contributed by atoms with Crippen molar-refractivity contribution in [2.75, 3.05) is 65.4 Å². The van der Waals surface area contributed by atoms with Gasteiger partial charge in [-0.1, -0.05) is 45.0 Å². The van der Waals surface area contributed by atoms with Crippen LogP contribution in [-0.2, 0) is 20.5 Å². The first kappa shape index (κ1) is 37.5. The molecule has 0 bridgehead atoms. The highest BCUT2D eigenvalue weighted by Crippen LogP contribution is 2.37. The predicted molar refractivity (Wildman–Crippen MR) is 196 cm³/mol. The van der Waals surface area contributed by atoms with Gasteiger partial charge in [0, 0.05) is 43.2 Å². The Kier molecular flexibility index (Phi) is 11.1. The van der Waals surface area contributed by atoms with Crippen LogP contribution in [0.5, 0.6) is 5.75 Å². The summed E-state index contributed by atoms with van der Waals surface area (Å²) < 4.78 is 14.1. The van der Waals surface area contributed by atoms with Gasteiger partial charge in [-0.2, -0.15) is 0 Å². The Hall–Kier alpha value is -5.29. The molecule has 4 N–H and O–H groups in total. The van der Waals surface area contributed by atoms with Crippen molar-refractivity contribution in [2.24, 2.45) is 0 Å². The molecule has 4 heterocycles. The van der Waals surface area contributed by atoms with E-state index in [1.807, 2.05) is 74.6 Å². The Balaban J connectivity index is 1.20. The second-order valence-corrected chi connectivity index (χ2v) is 14.3. The number of urea groups is 1. The number of carbonyl (C=O) groups excluding carboxylic acids is 3. The number of nitrogens with one attached hydrogen (secondary N) is 3. The fraction of sp³-hybridized carbons (Fsp3) is 0.432. The lowest BCUT2D eigenvalue weighted by atomic mass is 9.81. The van der Waals surface area contributed by atoms with Crippen molar-refractivity contribution < 1.29 is 29.0 Å². The summed E-state index contributed by atoms with van der Waals surface area (Å²) in [5, 5.41) is 26.2. The van der Waals surface area contributed by atoms with Crippen molar-refractivity contribution in [1.29, 1.82) is 0 Å². The molecule has 1 aliphatic heterocycles. The molecule has 3 aromatic heterocycles. The fourth-order valence-electron chi connectivity index (χ4n) is 6.24. The minimum atomic E-state index is -1.53. The van der Waals surface area contributed by atoms with Crippen molar-refractivity contribution in [3.63, 3.8) is 0 Å². The predicted octanol–water partition coefficient (Wildman–Crippen LogP) is 2.38. The van der Waals surface area contributed by atoms with Gasteiger partial charge in [-0.25, -0.2) is 14.8 Å². The van der Waals surface area contributed by atoms with E-state index in [9.17, 15) is 14.4 Å². The molecular formula is C37H46N10O6. The lowest BCUT2D eigenvalue weighted by Crippen LogP contribution is -2.49. The van der Waals surface area contributed by atoms with Crippen LogP contribution in [0.4, 0.5) is 10.6 Å². The smallest absolute Gasteiger partial charge is 0.321 e. The van der Waals surface area contributed by atoms with Gasteiger partial charge in [-0.15, -0.1) is 10.2 Å². The number of aromatic nitrogens is 5. The number of aliphatic hydroxyl groups is 1. The number of benzene rings is 1. The number of pyridine rings is 1. The number of nitrogens with zero attached hydrogens (tertiary/aromatic N) is 7. The zero-order chi connectivity index (χ0) is 37.8. The molecule has 2 aliphatic rings. The van der Waals surface area contributed by atoms with Crippen LogP contribution in [-0.4, -0.2) is 118 Å². The Morgan fingerprint density at radius 2 is 1.96 bits per heavy atom. The van der Waals surface area contributed by atoms with Crippen LogP contribution in [0.15, 0.2) is 60.8 Å². The van der Waals surface area contributed by atoms with Crippen LogP contribution in [0, 0.1) is 0 Å². The van der Waals surface area contributed by atoms with Crippen molar-refractivity contribution in [1.82, 2.24) is 45.0 Å². The molecule has 16 heteroatoms. The summed E-state index contributed by atoms with van der Waals surface area (Å²) in [4.78, 5) is 52.4. The van der Waals surface area contributed by atoms with Crippen LogP contribution >= 0.6 is 0 Å². The molecule has 6 rings (SSSR count). The third-order valence-electron chi connectivity index (χ3n) is 9.31. The highest BCUT2D eigenvalue weighted by Gasteiger charge is 2.39. The van der Waals surface area contributed by atoms with Crippen LogP contribution < -0.4 is 20.7 Å². The molecule has 0 unspecified atom stereocenters. The molecule has 53 heavy (non-hydrogen) atoms. The zero-order valence-electron chi connectivity index (χ0n) is 30.6. The Bertz CT molecular complexity index is 1990. The number of hydrogen-bond donors (Lipinski definition) is 4. The molecule has 1 fully saturated rings. The maximum absolute atomic E-state index is 13.6. The number of fused-ring (bicyclic) bond motifs is 2. The number of aliphatic hydroxyl groups excluding tert-OH is 1. The molecule has 4 aromatic rings. The van der Waals surface area contributed by atoms with Gasteiger partial charge >= 0.3 is 6.03 Å². The Morgan fingerprint density at radius 3 is 2.72 bits per heavy atom. The highest BCUT2D eigenvalue weighted by atomic mass is 16.5. The number of rotatable bonds is 12. The van der Waals surface area contributed by atoms with Crippen LogP contribution in [0.1, 0.15) is 66.2 Å². The highest BCUT2D eigenvalue weighted by molar-refractivity contribution is 5.94. The third kappa shape index (κ3) is 8.36. The largest absolute Gasteiger partial charge is 0.480 e. The van der Waals surface area contributed by atoms with E-state index in [0.29, 0.717) is 67.4 Å². The minimum Gasteiger partial charge on any atom is -0.480 e. The summed E-state index contributed by atoms with van der Waals surface area (Å²) in [6.07, 6.45) is 5.28. The summed E-state index contributed by atoms with van der Waals surface area (Å²) >= 11 is 0. The molecule has 16 nitrogen and oxygen atoms in total.